The van der Waals surface area contributed by atoms with Crippen LogP contribution >= 0.6 is 34.4 Å². The van der Waals surface area contributed by atoms with Gasteiger partial charge in [-0.2, -0.15) is 0 Å². The van der Waals surface area contributed by atoms with Crippen LogP contribution in [0, 0.1) is 0 Å². The average Bonchev–Trinajstić information content (AvgIpc) is 3.06. The number of thiophene rings is 1. The van der Waals surface area contributed by atoms with E-state index < -0.39 is 11.9 Å². The van der Waals surface area contributed by atoms with Crippen molar-refractivity contribution in [3.05, 3.63) is 32.4 Å². The zero-order valence-corrected chi connectivity index (χ0v) is 12.9. The Morgan fingerprint density at radius 2 is 2.20 bits per heavy atom. The third-order valence-corrected chi connectivity index (χ3v) is 5.12. The number of nitrogens with zero attached hydrogens (tertiary/aromatic N) is 1. The van der Waals surface area contributed by atoms with Crippen LogP contribution in [0.15, 0.2) is 21.7 Å². The number of aromatic nitrogens is 1. The summed E-state index contributed by atoms with van der Waals surface area (Å²) in [7, 11) is 0. The first-order valence-electron chi connectivity index (χ1n) is 5.66. The number of carboxylic acids is 1. The lowest BCUT2D eigenvalue weighted by atomic mass is 10.5. The number of hydrogen-bond donors (Lipinski definition) is 1. The normalized spacial score (nSPS) is 10.4. The summed E-state index contributed by atoms with van der Waals surface area (Å²) >= 11 is 3.94. The molecule has 0 saturated heterocycles. The second-order valence-corrected chi connectivity index (χ2v) is 6.42. The Kier molecular flexibility index (Phi) is 5.16. The average molecular weight is 329 g/mol. The lowest BCUT2D eigenvalue weighted by Crippen LogP contribution is -2.03. The highest BCUT2D eigenvalue weighted by Crippen LogP contribution is 2.28. The standard InChI is InChI=1S/C12H11NO4S3/c1-2-17-12(16)10-13-7(5-20-10)4-18-8-3-9(11(14)15)19-6-8/h3,5-6H,2,4H2,1H3,(H,14,15). The maximum atomic E-state index is 11.5. The lowest BCUT2D eigenvalue weighted by Gasteiger charge is -1.96. The van der Waals surface area contributed by atoms with Crippen molar-refractivity contribution in [1.82, 2.24) is 4.98 Å². The quantitative estimate of drug-likeness (QED) is 0.647. The maximum Gasteiger partial charge on any atom is 0.367 e. The molecule has 2 heterocycles. The number of thioether (sulfide) groups is 1. The highest BCUT2D eigenvalue weighted by atomic mass is 32.2. The molecule has 106 valence electrons. The van der Waals surface area contributed by atoms with Crippen LogP contribution in [0.4, 0.5) is 0 Å². The minimum absolute atomic E-state index is 0.318. The number of carbonyl (C=O) groups excluding carboxylic acids is 1. The SMILES string of the molecule is CCOC(=O)c1nc(CSc2csc(C(=O)O)c2)cs1. The van der Waals surface area contributed by atoms with Crippen LogP contribution in [0.3, 0.4) is 0 Å². The maximum absolute atomic E-state index is 11.5. The monoisotopic (exact) mass is 329 g/mol. The van der Waals surface area contributed by atoms with Crippen molar-refractivity contribution in [2.75, 3.05) is 6.61 Å². The molecule has 0 aliphatic heterocycles. The van der Waals surface area contributed by atoms with Crippen molar-refractivity contribution in [2.24, 2.45) is 0 Å². The molecule has 0 fully saturated rings. The van der Waals surface area contributed by atoms with Crippen LogP contribution in [0.2, 0.25) is 0 Å². The van der Waals surface area contributed by atoms with E-state index >= 15 is 0 Å². The molecule has 8 heteroatoms. The molecule has 0 bridgehead atoms. The predicted molar refractivity (Wildman–Crippen MR) is 78.9 cm³/mol. The Morgan fingerprint density at radius 1 is 1.40 bits per heavy atom. The number of ether oxygens (including phenoxy) is 1. The molecule has 0 unspecified atom stereocenters. The molecule has 20 heavy (non-hydrogen) atoms. The van der Waals surface area contributed by atoms with Crippen LogP contribution in [0.25, 0.3) is 0 Å². The predicted octanol–water partition coefficient (Wildman–Crippen LogP) is 3.37. The first-order chi connectivity index (χ1) is 9.60. The molecule has 0 aliphatic carbocycles. The summed E-state index contributed by atoms with van der Waals surface area (Å²) in [6, 6.07) is 1.64. The Labute approximate surface area is 127 Å². The van der Waals surface area contributed by atoms with Gasteiger partial charge in [-0.05, 0) is 13.0 Å². The fourth-order valence-corrected chi connectivity index (χ4v) is 3.90. The first kappa shape index (κ1) is 15.0. The van der Waals surface area contributed by atoms with Crippen LogP contribution in [0.1, 0.15) is 32.1 Å². The molecule has 5 nitrogen and oxygen atoms in total. The number of esters is 1. The Bertz CT molecular complexity index is 620. The molecule has 2 rings (SSSR count). The molecule has 0 aliphatic rings. The van der Waals surface area contributed by atoms with Crippen LogP contribution in [0.5, 0.6) is 0 Å². The number of aromatic carboxylic acids is 1. The first-order valence-corrected chi connectivity index (χ1v) is 8.40. The highest BCUT2D eigenvalue weighted by molar-refractivity contribution is 7.98. The molecular formula is C12H11NO4S3. The second kappa shape index (κ2) is 6.87. The van der Waals surface area contributed by atoms with E-state index in [1.54, 1.807) is 18.4 Å². The molecule has 0 radical (unpaired) electrons. The number of rotatable bonds is 6. The van der Waals surface area contributed by atoms with Gasteiger partial charge >= 0.3 is 11.9 Å². The summed E-state index contributed by atoms with van der Waals surface area (Å²) < 4.78 is 4.87. The van der Waals surface area contributed by atoms with Gasteiger partial charge in [0.05, 0.1) is 12.3 Å². The fraction of sp³-hybridized carbons (Fsp3) is 0.250. The van der Waals surface area contributed by atoms with Gasteiger partial charge in [0.15, 0.2) is 0 Å². The van der Waals surface area contributed by atoms with Gasteiger partial charge in [0.1, 0.15) is 4.88 Å². The summed E-state index contributed by atoms with van der Waals surface area (Å²) in [5.41, 5.74) is 0.783. The lowest BCUT2D eigenvalue weighted by molar-refractivity contribution is 0.0525. The van der Waals surface area contributed by atoms with E-state index in [0.29, 0.717) is 22.2 Å². The Morgan fingerprint density at radius 3 is 2.85 bits per heavy atom. The number of carboxylic acid groups (broad SMARTS) is 1. The van der Waals surface area contributed by atoms with E-state index in [-0.39, 0.29) is 0 Å². The largest absolute Gasteiger partial charge is 0.477 e. The van der Waals surface area contributed by atoms with Gasteiger partial charge < -0.3 is 9.84 Å². The van der Waals surface area contributed by atoms with E-state index in [1.807, 2.05) is 5.38 Å². The topological polar surface area (TPSA) is 76.5 Å². The molecule has 2 aromatic heterocycles. The van der Waals surface area contributed by atoms with Crippen LogP contribution in [-0.2, 0) is 10.5 Å². The van der Waals surface area contributed by atoms with Gasteiger partial charge in [-0.3, -0.25) is 0 Å². The van der Waals surface area contributed by atoms with Crippen molar-refractivity contribution in [3.63, 3.8) is 0 Å². The summed E-state index contributed by atoms with van der Waals surface area (Å²) in [6.45, 7) is 2.08. The van der Waals surface area contributed by atoms with Crippen molar-refractivity contribution < 1.29 is 19.4 Å². The summed E-state index contributed by atoms with van der Waals surface area (Å²) in [5.74, 6) is -0.733. The van der Waals surface area contributed by atoms with Gasteiger partial charge in [0.2, 0.25) is 5.01 Å². The van der Waals surface area contributed by atoms with E-state index in [1.165, 1.54) is 34.4 Å². The molecule has 2 aromatic rings. The molecule has 0 amide bonds. The molecule has 0 aromatic carbocycles. The molecule has 0 spiro atoms. The highest BCUT2D eigenvalue weighted by Gasteiger charge is 2.13. The fourth-order valence-electron chi connectivity index (χ4n) is 1.32. The van der Waals surface area contributed by atoms with Gasteiger partial charge in [0.25, 0.3) is 0 Å². The van der Waals surface area contributed by atoms with Crippen molar-refractivity contribution in [3.8, 4) is 0 Å². The zero-order chi connectivity index (χ0) is 14.5. The third kappa shape index (κ3) is 3.81. The van der Waals surface area contributed by atoms with Gasteiger partial charge in [-0.25, -0.2) is 14.6 Å². The van der Waals surface area contributed by atoms with Gasteiger partial charge in [-0.1, -0.05) is 0 Å². The Balaban J connectivity index is 1.93. The van der Waals surface area contributed by atoms with Crippen LogP contribution < -0.4 is 0 Å². The summed E-state index contributed by atoms with van der Waals surface area (Å²) in [4.78, 5) is 27.6. The van der Waals surface area contributed by atoms with Crippen LogP contribution in [-0.4, -0.2) is 28.6 Å². The van der Waals surface area contributed by atoms with Gasteiger partial charge in [0, 0.05) is 21.4 Å². The van der Waals surface area contributed by atoms with Crippen molar-refractivity contribution in [2.45, 2.75) is 17.6 Å². The molecule has 0 saturated carbocycles. The minimum atomic E-state index is -0.917. The van der Waals surface area contributed by atoms with E-state index in [4.69, 9.17) is 9.84 Å². The number of thiazole rings is 1. The third-order valence-electron chi connectivity index (χ3n) is 2.17. The molecule has 1 N–H and O–H groups in total. The minimum Gasteiger partial charge on any atom is -0.477 e. The summed E-state index contributed by atoms with van der Waals surface area (Å²) in [6.07, 6.45) is 0. The molecular weight excluding hydrogens is 318 g/mol. The zero-order valence-electron chi connectivity index (χ0n) is 10.5. The van der Waals surface area contributed by atoms with E-state index in [2.05, 4.69) is 4.98 Å². The summed E-state index contributed by atoms with van der Waals surface area (Å²) in [5, 5.41) is 12.8. The van der Waals surface area contributed by atoms with Crippen molar-refractivity contribution in [1.29, 1.82) is 0 Å². The second-order valence-electron chi connectivity index (χ2n) is 3.60. The van der Waals surface area contributed by atoms with Gasteiger partial charge in [-0.15, -0.1) is 34.4 Å². The number of hydrogen-bond acceptors (Lipinski definition) is 7. The molecule has 0 atom stereocenters. The smallest absolute Gasteiger partial charge is 0.367 e. The van der Waals surface area contributed by atoms with E-state index in [9.17, 15) is 9.59 Å². The van der Waals surface area contributed by atoms with E-state index in [0.717, 1.165) is 10.6 Å². The Hall–Kier alpha value is -1.38. The number of carbonyl (C=O) groups is 2. The van der Waals surface area contributed by atoms with Crippen molar-refractivity contribution >= 4 is 46.4 Å².